The van der Waals surface area contributed by atoms with E-state index >= 15 is 0 Å². The number of hydrogen-bond acceptors (Lipinski definition) is 7. The number of hydrogen-bond donors (Lipinski definition) is 3. The predicted molar refractivity (Wildman–Crippen MR) is 104 cm³/mol. The molecule has 3 atom stereocenters. The summed E-state index contributed by atoms with van der Waals surface area (Å²) in [4.78, 5) is 19.5. The van der Waals surface area contributed by atoms with Crippen LogP contribution >= 0.6 is 0 Å². The molecule has 0 radical (unpaired) electrons. The Morgan fingerprint density at radius 3 is 2.91 bits per heavy atom. The smallest absolute Gasteiger partial charge is 0.434 e. The van der Waals surface area contributed by atoms with Crippen molar-refractivity contribution < 1.29 is 31.8 Å². The molecule has 176 valence electrons. The van der Waals surface area contributed by atoms with E-state index in [9.17, 15) is 22.4 Å². The number of amides is 1. The van der Waals surface area contributed by atoms with Gasteiger partial charge in [-0.1, -0.05) is 0 Å². The lowest BCUT2D eigenvalue weighted by Gasteiger charge is -2.17. The number of fused-ring (bicyclic) bond motifs is 1. The van der Waals surface area contributed by atoms with Crippen LogP contribution in [0.5, 0.6) is 0 Å². The number of halogens is 4. The highest BCUT2D eigenvalue weighted by Gasteiger charge is 2.44. The number of rotatable bonds is 5. The van der Waals surface area contributed by atoms with E-state index in [-0.39, 0.29) is 35.3 Å². The summed E-state index contributed by atoms with van der Waals surface area (Å²) in [6, 6.07) is 2.77. The van der Waals surface area contributed by atoms with Crippen LogP contribution in [0.3, 0.4) is 0 Å². The van der Waals surface area contributed by atoms with Crippen molar-refractivity contribution in [2.24, 2.45) is 0 Å². The Bertz CT molecular complexity index is 1190. The zero-order valence-electron chi connectivity index (χ0n) is 17.2. The number of carbonyl (C=O) groups excluding carboxylic acids is 1. The maximum absolute atomic E-state index is 14.9. The molecule has 3 aromatic heterocycles. The van der Waals surface area contributed by atoms with E-state index in [0.29, 0.717) is 0 Å². The zero-order chi connectivity index (χ0) is 23.4. The quantitative estimate of drug-likeness (QED) is 0.491. The van der Waals surface area contributed by atoms with Crippen LogP contribution in [0.25, 0.3) is 5.65 Å². The average molecular weight is 469 g/mol. The normalized spacial score (nSPS) is 24.1. The van der Waals surface area contributed by atoms with Crippen molar-refractivity contribution >= 4 is 23.5 Å². The second kappa shape index (κ2) is 7.57. The van der Waals surface area contributed by atoms with E-state index in [2.05, 4.69) is 30.8 Å². The molecule has 0 unspecified atom stereocenters. The van der Waals surface area contributed by atoms with Gasteiger partial charge in [-0.2, -0.15) is 18.3 Å². The second-order valence-electron chi connectivity index (χ2n) is 8.28. The van der Waals surface area contributed by atoms with Crippen molar-refractivity contribution in [3.8, 4) is 0 Å². The first kappa shape index (κ1) is 21.4. The summed E-state index contributed by atoms with van der Waals surface area (Å²) in [7, 11) is 0. The van der Waals surface area contributed by atoms with Crippen molar-refractivity contribution in [1.29, 1.82) is 0 Å². The van der Waals surface area contributed by atoms with Gasteiger partial charge in [0, 0.05) is 24.0 Å². The number of nitrogens with zero attached hydrogens (tertiary/aromatic N) is 4. The fourth-order valence-electron chi connectivity index (χ4n) is 3.47. The first-order valence-corrected chi connectivity index (χ1v) is 10.1. The summed E-state index contributed by atoms with van der Waals surface area (Å²) >= 11 is 0. The minimum Gasteiger partial charge on any atom is -0.441 e. The number of alkyl halides is 4. The zero-order valence-corrected chi connectivity index (χ0v) is 17.2. The van der Waals surface area contributed by atoms with Crippen LogP contribution < -0.4 is 10.6 Å². The Morgan fingerprint density at radius 1 is 1.39 bits per heavy atom. The first-order chi connectivity index (χ1) is 15.6. The van der Waals surface area contributed by atoms with Crippen LogP contribution in [0.2, 0.25) is 0 Å². The molecule has 0 bridgehead atoms. The second-order valence-corrected chi connectivity index (χ2v) is 8.28. The van der Waals surface area contributed by atoms with E-state index in [1.807, 2.05) is 6.92 Å². The van der Waals surface area contributed by atoms with Crippen molar-refractivity contribution in [3.05, 3.63) is 35.9 Å². The molecule has 14 heteroatoms. The van der Waals surface area contributed by atoms with Gasteiger partial charge in [-0.05, 0) is 25.8 Å². The SMILES string of the molecule is CC1(NC(=O)O[C@@H]2CO[C@H](c3cc(Nc4nccc5nc(C(F)(F)F)cn45)n[nH]3)[C@H]2F)CC1. The largest absolute Gasteiger partial charge is 0.441 e. The summed E-state index contributed by atoms with van der Waals surface area (Å²) in [5, 5.41) is 12.1. The van der Waals surface area contributed by atoms with Gasteiger partial charge in [0.2, 0.25) is 5.95 Å². The first-order valence-electron chi connectivity index (χ1n) is 10.1. The van der Waals surface area contributed by atoms with Gasteiger partial charge in [0.25, 0.3) is 0 Å². The number of nitrogens with one attached hydrogen (secondary N) is 3. The van der Waals surface area contributed by atoms with Gasteiger partial charge in [0.15, 0.2) is 23.8 Å². The van der Waals surface area contributed by atoms with Crippen molar-refractivity contribution in [2.45, 2.75) is 49.9 Å². The van der Waals surface area contributed by atoms with Crippen LogP contribution in [0, 0.1) is 0 Å². The van der Waals surface area contributed by atoms with Crippen LogP contribution in [0.1, 0.15) is 37.3 Å². The average Bonchev–Trinajstić information content (AvgIpc) is 3.13. The number of ether oxygens (including phenoxy) is 2. The lowest BCUT2D eigenvalue weighted by Crippen LogP contribution is -2.39. The predicted octanol–water partition coefficient (Wildman–Crippen LogP) is 3.27. The number of aromatic nitrogens is 5. The molecule has 33 heavy (non-hydrogen) atoms. The minimum atomic E-state index is -4.61. The molecule has 2 aliphatic rings. The standard InChI is InChI=1S/C19H19F4N7O3/c1-18(3-4-18)27-17(31)33-10-8-32-15(14(10)20)9-6-12(29-28-9)26-16-24-5-2-13-25-11(7-30(13)16)19(21,22)23/h2,5-7,10,14-15H,3-4,8H2,1H3,(H,27,31)(H2,24,26,28,29)/t10-,14+,15-/m1/s1. The maximum atomic E-state index is 14.9. The molecule has 0 spiro atoms. The number of H-pyrrole nitrogens is 1. The van der Waals surface area contributed by atoms with Gasteiger partial charge >= 0.3 is 12.3 Å². The van der Waals surface area contributed by atoms with Crippen LogP contribution in [0.4, 0.5) is 34.1 Å². The third-order valence-electron chi connectivity index (χ3n) is 5.56. The monoisotopic (exact) mass is 469 g/mol. The van der Waals surface area contributed by atoms with Crippen molar-refractivity contribution in [3.63, 3.8) is 0 Å². The topological polar surface area (TPSA) is 118 Å². The third kappa shape index (κ3) is 4.29. The molecule has 2 fully saturated rings. The molecule has 1 saturated heterocycles. The minimum absolute atomic E-state index is 0.0316. The number of imidazole rings is 1. The molecule has 1 aliphatic carbocycles. The Balaban J connectivity index is 1.27. The molecule has 3 aromatic rings. The molecule has 0 aromatic carbocycles. The van der Waals surface area contributed by atoms with E-state index < -0.39 is 36.3 Å². The molecule has 1 saturated carbocycles. The van der Waals surface area contributed by atoms with E-state index in [1.54, 1.807) is 0 Å². The Morgan fingerprint density at radius 2 is 2.18 bits per heavy atom. The molecule has 10 nitrogen and oxygen atoms in total. The Labute approximate surface area is 183 Å². The van der Waals surface area contributed by atoms with Gasteiger partial charge < -0.3 is 20.1 Å². The maximum Gasteiger partial charge on any atom is 0.434 e. The van der Waals surface area contributed by atoms with Crippen LogP contribution in [0.15, 0.2) is 24.5 Å². The van der Waals surface area contributed by atoms with Crippen LogP contribution in [-0.4, -0.2) is 55.1 Å². The van der Waals surface area contributed by atoms with Gasteiger partial charge in [-0.3, -0.25) is 9.50 Å². The summed E-state index contributed by atoms with van der Waals surface area (Å²) < 4.78 is 65.5. The molecular weight excluding hydrogens is 450 g/mol. The fourth-order valence-corrected chi connectivity index (χ4v) is 3.47. The van der Waals surface area contributed by atoms with Crippen molar-refractivity contribution in [1.82, 2.24) is 29.9 Å². The van der Waals surface area contributed by atoms with Gasteiger partial charge in [0.1, 0.15) is 11.8 Å². The number of alkyl carbamates (subject to hydrolysis) is 1. The highest BCUT2D eigenvalue weighted by molar-refractivity contribution is 5.69. The third-order valence-corrected chi connectivity index (χ3v) is 5.56. The highest BCUT2D eigenvalue weighted by Crippen LogP contribution is 2.36. The Hall–Kier alpha value is -3.42. The molecule has 3 N–H and O–H groups in total. The van der Waals surface area contributed by atoms with Crippen molar-refractivity contribution in [2.75, 3.05) is 11.9 Å². The summed E-state index contributed by atoms with van der Waals surface area (Å²) in [6.45, 7) is 1.74. The summed E-state index contributed by atoms with van der Waals surface area (Å²) in [6.07, 6.45) is -5.30. The van der Waals surface area contributed by atoms with Crippen LogP contribution in [-0.2, 0) is 15.7 Å². The number of aromatic amines is 1. The molecular formula is C19H19F4N7O3. The van der Waals surface area contributed by atoms with Gasteiger partial charge in [-0.25, -0.2) is 19.2 Å². The molecule has 1 amide bonds. The van der Waals surface area contributed by atoms with E-state index in [0.717, 1.165) is 23.4 Å². The number of anilines is 2. The van der Waals surface area contributed by atoms with E-state index in [4.69, 9.17) is 9.47 Å². The lowest BCUT2D eigenvalue weighted by atomic mass is 10.1. The molecule has 1 aliphatic heterocycles. The molecule has 4 heterocycles. The van der Waals surface area contributed by atoms with Gasteiger partial charge in [-0.15, -0.1) is 0 Å². The van der Waals surface area contributed by atoms with Gasteiger partial charge in [0.05, 0.1) is 12.3 Å². The Kier molecular flexibility index (Phi) is 4.92. The van der Waals surface area contributed by atoms with E-state index in [1.165, 1.54) is 18.3 Å². The molecule has 5 rings (SSSR count). The highest BCUT2D eigenvalue weighted by atomic mass is 19.4. The summed E-state index contributed by atoms with van der Waals surface area (Å²) in [5.41, 5.74) is -1.05. The summed E-state index contributed by atoms with van der Waals surface area (Å²) in [5.74, 6) is 0.205. The number of carbonyl (C=O) groups is 1. The lowest BCUT2D eigenvalue weighted by molar-refractivity contribution is -0.140. The fraction of sp³-hybridized carbons (Fsp3) is 0.474.